The van der Waals surface area contributed by atoms with Gasteiger partial charge in [-0.2, -0.15) is 0 Å². The smallest absolute Gasteiger partial charge is 0.282 e. The summed E-state index contributed by atoms with van der Waals surface area (Å²) in [5.74, 6) is -0.998. The van der Waals surface area contributed by atoms with E-state index in [0.29, 0.717) is 13.1 Å². The Balaban J connectivity index is 2.33. The van der Waals surface area contributed by atoms with Crippen LogP contribution < -0.4 is 5.73 Å². The topological polar surface area (TPSA) is 89.5 Å². The van der Waals surface area contributed by atoms with Gasteiger partial charge >= 0.3 is 0 Å². The molecule has 0 aromatic heterocycles. The van der Waals surface area contributed by atoms with Crippen LogP contribution in [0.15, 0.2) is 18.2 Å². The quantitative estimate of drug-likeness (QED) is 0.657. The molecule has 20 heavy (non-hydrogen) atoms. The Morgan fingerprint density at radius 1 is 1.50 bits per heavy atom. The van der Waals surface area contributed by atoms with E-state index in [1.807, 2.05) is 6.92 Å². The van der Waals surface area contributed by atoms with Crippen molar-refractivity contribution in [1.82, 2.24) is 4.90 Å². The van der Waals surface area contributed by atoms with Gasteiger partial charge in [0, 0.05) is 25.2 Å². The summed E-state index contributed by atoms with van der Waals surface area (Å²) in [4.78, 5) is 24.1. The number of nitrogens with zero attached hydrogens (tertiary/aromatic N) is 2. The molecule has 7 heteroatoms. The molecule has 1 amide bonds. The average molecular weight is 281 g/mol. The number of hydrogen-bond donors (Lipinski definition) is 1. The van der Waals surface area contributed by atoms with Gasteiger partial charge in [0.2, 0.25) is 0 Å². The minimum atomic E-state index is -0.681. The van der Waals surface area contributed by atoms with Crippen molar-refractivity contribution >= 4 is 11.6 Å². The van der Waals surface area contributed by atoms with Gasteiger partial charge in [-0.05, 0) is 24.5 Å². The molecule has 1 saturated heterocycles. The lowest BCUT2D eigenvalue weighted by molar-refractivity contribution is -0.385. The molecule has 1 fully saturated rings. The first-order chi connectivity index (χ1) is 9.38. The second kappa shape index (κ2) is 5.54. The summed E-state index contributed by atoms with van der Waals surface area (Å²) in [6, 6.07) is 2.73. The van der Waals surface area contributed by atoms with Gasteiger partial charge in [-0.25, -0.2) is 4.39 Å². The van der Waals surface area contributed by atoms with Crippen LogP contribution in [0, 0.1) is 21.8 Å². The van der Waals surface area contributed by atoms with E-state index in [1.165, 1.54) is 4.90 Å². The number of piperidine rings is 1. The minimum absolute atomic E-state index is 0.157. The molecule has 0 spiro atoms. The van der Waals surface area contributed by atoms with Crippen molar-refractivity contribution in [3.05, 3.63) is 39.7 Å². The number of carbonyl (C=O) groups excluding carboxylic acids is 1. The molecule has 6 nitrogen and oxygen atoms in total. The predicted octanol–water partition coefficient (Wildman–Crippen LogP) is 1.54. The third kappa shape index (κ3) is 2.93. The molecule has 1 aliphatic rings. The van der Waals surface area contributed by atoms with E-state index < -0.39 is 16.6 Å². The molecule has 0 aliphatic carbocycles. The highest BCUT2D eigenvalue weighted by Crippen LogP contribution is 2.24. The molecular formula is C13H16FN3O3. The van der Waals surface area contributed by atoms with Gasteiger partial charge < -0.3 is 10.6 Å². The highest BCUT2D eigenvalue weighted by molar-refractivity contribution is 5.98. The van der Waals surface area contributed by atoms with E-state index in [1.54, 1.807) is 0 Å². The molecule has 108 valence electrons. The first kappa shape index (κ1) is 14.4. The van der Waals surface area contributed by atoms with E-state index >= 15 is 0 Å². The Kier molecular flexibility index (Phi) is 3.99. The maximum Gasteiger partial charge on any atom is 0.282 e. The van der Waals surface area contributed by atoms with Crippen molar-refractivity contribution in [2.45, 2.75) is 19.4 Å². The molecule has 0 radical (unpaired) electrons. The lowest BCUT2D eigenvalue weighted by atomic mass is 9.96. The Labute approximate surface area is 115 Å². The van der Waals surface area contributed by atoms with E-state index in [9.17, 15) is 19.3 Å². The first-order valence-corrected chi connectivity index (χ1v) is 6.37. The van der Waals surface area contributed by atoms with Gasteiger partial charge in [0.15, 0.2) is 0 Å². The summed E-state index contributed by atoms with van der Waals surface area (Å²) in [6.07, 6.45) is 0.801. The predicted molar refractivity (Wildman–Crippen MR) is 70.7 cm³/mol. The number of nitro groups is 1. The van der Waals surface area contributed by atoms with Crippen LogP contribution in [0.1, 0.15) is 23.7 Å². The molecule has 2 rings (SSSR count). The van der Waals surface area contributed by atoms with Crippen LogP contribution in [0.25, 0.3) is 0 Å². The van der Waals surface area contributed by atoms with Crippen molar-refractivity contribution in [2.24, 2.45) is 11.7 Å². The second-order valence-corrected chi connectivity index (χ2v) is 5.23. The van der Waals surface area contributed by atoms with Crippen LogP contribution in [-0.4, -0.2) is 34.9 Å². The molecule has 1 aromatic rings. The van der Waals surface area contributed by atoms with Gasteiger partial charge in [-0.1, -0.05) is 6.92 Å². The van der Waals surface area contributed by atoms with Crippen molar-refractivity contribution in [3.63, 3.8) is 0 Å². The highest BCUT2D eigenvalue weighted by Gasteiger charge is 2.30. The average Bonchev–Trinajstić information content (AvgIpc) is 2.36. The summed E-state index contributed by atoms with van der Waals surface area (Å²) in [5.41, 5.74) is 5.25. The SMILES string of the molecule is CC1CC(N)CN(C(=O)c2cc(F)ccc2[N+](=O)[O-])C1. The first-order valence-electron chi connectivity index (χ1n) is 6.37. The lowest BCUT2D eigenvalue weighted by Gasteiger charge is -2.34. The van der Waals surface area contributed by atoms with Crippen LogP contribution in [0.2, 0.25) is 0 Å². The third-order valence-electron chi connectivity index (χ3n) is 3.36. The minimum Gasteiger partial charge on any atom is -0.337 e. The van der Waals surface area contributed by atoms with Crippen LogP contribution in [0.5, 0.6) is 0 Å². The highest BCUT2D eigenvalue weighted by atomic mass is 19.1. The number of halogens is 1. The van der Waals surface area contributed by atoms with Crippen molar-refractivity contribution in [1.29, 1.82) is 0 Å². The number of nitro benzene ring substituents is 1. The summed E-state index contributed by atoms with van der Waals surface area (Å²) >= 11 is 0. The number of carbonyl (C=O) groups is 1. The molecule has 2 atom stereocenters. The molecule has 2 unspecified atom stereocenters. The normalized spacial score (nSPS) is 22.6. The van der Waals surface area contributed by atoms with Gasteiger partial charge in [0.05, 0.1) is 4.92 Å². The van der Waals surface area contributed by atoms with E-state index in [4.69, 9.17) is 5.73 Å². The van der Waals surface area contributed by atoms with E-state index in [-0.39, 0.29) is 23.2 Å². The molecule has 1 aromatic carbocycles. The summed E-state index contributed by atoms with van der Waals surface area (Å²) in [6.45, 7) is 2.76. The summed E-state index contributed by atoms with van der Waals surface area (Å²) in [5, 5.41) is 10.9. The summed E-state index contributed by atoms with van der Waals surface area (Å²) in [7, 11) is 0. The van der Waals surface area contributed by atoms with Gasteiger partial charge in [-0.15, -0.1) is 0 Å². The zero-order valence-electron chi connectivity index (χ0n) is 11.1. The van der Waals surface area contributed by atoms with Crippen LogP contribution >= 0.6 is 0 Å². The fourth-order valence-corrected chi connectivity index (χ4v) is 2.57. The van der Waals surface area contributed by atoms with E-state index in [2.05, 4.69) is 0 Å². The summed E-state index contributed by atoms with van der Waals surface area (Å²) < 4.78 is 13.3. The molecule has 2 N–H and O–H groups in total. The zero-order chi connectivity index (χ0) is 14.9. The molecule has 1 heterocycles. The van der Waals surface area contributed by atoms with E-state index in [0.717, 1.165) is 24.6 Å². The number of amides is 1. The fourth-order valence-electron chi connectivity index (χ4n) is 2.57. The largest absolute Gasteiger partial charge is 0.337 e. The Bertz CT molecular complexity index is 540. The molecular weight excluding hydrogens is 265 g/mol. The second-order valence-electron chi connectivity index (χ2n) is 5.23. The van der Waals surface area contributed by atoms with Crippen LogP contribution in [0.3, 0.4) is 0 Å². The third-order valence-corrected chi connectivity index (χ3v) is 3.36. The number of benzene rings is 1. The van der Waals surface area contributed by atoms with Crippen LogP contribution in [-0.2, 0) is 0 Å². The molecule has 1 aliphatic heterocycles. The number of rotatable bonds is 2. The zero-order valence-corrected chi connectivity index (χ0v) is 11.1. The lowest BCUT2D eigenvalue weighted by Crippen LogP contribution is -2.48. The Hall–Kier alpha value is -2.02. The molecule has 0 saturated carbocycles. The van der Waals surface area contributed by atoms with Crippen molar-refractivity contribution < 1.29 is 14.1 Å². The maximum atomic E-state index is 13.3. The van der Waals surface area contributed by atoms with Gasteiger partial charge in [0.25, 0.3) is 11.6 Å². The number of hydrogen-bond acceptors (Lipinski definition) is 4. The van der Waals surface area contributed by atoms with Gasteiger partial charge in [-0.3, -0.25) is 14.9 Å². The van der Waals surface area contributed by atoms with Gasteiger partial charge in [0.1, 0.15) is 11.4 Å². The fraction of sp³-hybridized carbons (Fsp3) is 0.462. The Morgan fingerprint density at radius 3 is 2.80 bits per heavy atom. The van der Waals surface area contributed by atoms with Crippen molar-refractivity contribution in [3.8, 4) is 0 Å². The monoisotopic (exact) mass is 281 g/mol. The molecule has 0 bridgehead atoms. The number of nitrogens with two attached hydrogens (primary N) is 1. The maximum absolute atomic E-state index is 13.3. The Morgan fingerprint density at radius 2 is 2.20 bits per heavy atom. The van der Waals surface area contributed by atoms with Crippen LogP contribution in [0.4, 0.5) is 10.1 Å². The van der Waals surface area contributed by atoms with Crippen molar-refractivity contribution in [2.75, 3.05) is 13.1 Å². The number of likely N-dealkylation sites (tertiary alicyclic amines) is 1. The standard InChI is InChI=1S/C13H16FN3O3/c1-8-4-10(15)7-16(6-8)13(18)11-5-9(14)2-3-12(11)17(19)20/h2-3,5,8,10H,4,6-7,15H2,1H3.